The summed E-state index contributed by atoms with van der Waals surface area (Å²) in [5, 5.41) is 0. The largest absolute Gasteiger partial charge is 0.377 e. The molecule has 0 fully saturated rings. The molecular weight excluding hydrogens is 140 g/mol. The van der Waals surface area contributed by atoms with E-state index in [1.807, 2.05) is 6.92 Å². The minimum absolute atomic E-state index is 0.0369. The van der Waals surface area contributed by atoms with Gasteiger partial charge in [-0.2, -0.15) is 0 Å². The summed E-state index contributed by atoms with van der Waals surface area (Å²) in [5.74, 6) is 0.0369. The SMILES string of the molecule is C=CCC(=CC)C(=O)COC. The molecule has 0 aliphatic rings. The maximum Gasteiger partial charge on any atom is 0.184 e. The number of hydrogen-bond acceptors (Lipinski definition) is 2. The first kappa shape index (κ1) is 10.1. The van der Waals surface area contributed by atoms with Gasteiger partial charge in [0.15, 0.2) is 5.78 Å². The number of carbonyl (C=O) groups is 1. The standard InChI is InChI=1S/C9H14O2/c1-4-6-8(5-2)9(10)7-11-3/h4-5H,1,6-7H2,2-3H3. The van der Waals surface area contributed by atoms with Crippen LogP contribution in [0.25, 0.3) is 0 Å². The average molecular weight is 154 g/mol. The van der Waals surface area contributed by atoms with Crippen molar-refractivity contribution in [2.45, 2.75) is 13.3 Å². The molecule has 11 heavy (non-hydrogen) atoms. The van der Waals surface area contributed by atoms with Crippen LogP contribution in [0.4, 0.5) is 0 Å². The summed E-state index contributed by atoms with van der Waals surface area (Å²) in [4.78, 5) is 11.1. The first-order valence-electron chi connectivity index (χ1n) is 3.54. The molecular formula is C9H14O2. The Hall–Kier alpha value is -0.890. The Morgan fingerprint density at radius 2 is 2.27 bits per heavy atom. The smallest absolute Gasteiger partial charge is 0.184 e. The molecule has 0 rings (SSSR count). The van der Waals surface area contributed by atoms with Crippen LogP contribution >= 0.6 is 0 Å². The van der Waals surface area contributed by atoms with Crippen LogP contribution in [0.1, 0.15) is 13.3 Å². The zero-order chi connectivity index (χ0) is 8.69. The summed E-state index contributed by atoms with van der Waals surface area (Å²) in [6.07, 6.45) is 4.13. The second-order valence-corrected chi connectivity index (χ2v) is 2.16. The number of ketones is 1. The Morgan fingerprint density at radius 1 is 1.64 bits per heavy atom. The van der Waals surface area contributed by atoms with E-state index in [1.54, 1.807) is 12.2 Å². The van der Waals surface area contributed by atoms with Crippen molar-refractivity contribution in [1.29, 1.82) is 0 Å². The van der Waals surface area contributed by atoms with E-state index < -0.39 is 0 Å². The number of Topliss-reactive ketones (excluding diaryl/α,β-unsaturated/α-hetero) is 1. The van der Waals surface area contributed by atoms with Crippen molar-refractivity contribution in [2.75, 3.05) is 13.7 Å². The molecule has 0 bridgehead atoms. The van der Waals surface area contributed by atoms with E-state index in [4.69, 9.17) is 4.74 Å². The first-order chi connectivity index (χ1) is 5.26. The third kappa shape index (κ3) is 3.73. The summed E-state index contributed by atoms with van der Waals surface area (Å²) in [5.41, 5.74) is 0.766. The lowest BCUT2D eigenvalue weighted by Crippen LogP contribution is -2.08. The number of carbonyl (C=O) groups excluding carboxylic acids is 1. The Bertz CT molecular complexity index is 168. The molecule has 0 aliphatic heterocycles. The molecule has 0 spiro atoms. The van der Waals surface area contributed by atoms with Crippen molar-refractivity contribution >= 4 is 5.78 Å². The second kappa shape index (κ2) is 5.86. The molecule has 0 saturated carbocycles. The second-order valence-electron chi connectivity index (χ2n) is 2.16. The number of methoxy groups -OCH3 is 1. The molecule has 0 heterocycles. The lowest BCUT2D eigenvalue weighted by atomic mass is 10.1. The first-order valence-corrected chi connectivity index (χ1v) is 3.54. The Labute approximate surface area is 67.6 Å². The molecule has 0 amide bonds. The van der Waals surface area contributed by atoms with E-state index in [-0.39, 0.29) is 12.4 Å². The molecule has 0 aromatic rings. The van der Waals surface area contributed by atoms with Gasteiger partial charge in [0.1, 0.15) is 6.61 Å². The average Bonchev–Trinajstić information content (AvgIpc) is 2.00. The normalized spacial score (nSPS) is 11.3. The molecule has 62 valence electrons. The summed E-state index contributed by atoms with van der Waals surface area (Å²) >= 11 is 0. The van der Waals surface area contributed by atoms with E-state index >= 15 is 0 Å². The van der Waals surface area contributed by atoms with E-state index in [0.717, 1.165) is 5.57 Å². The van der Waals surface area contributed by atoms with Crippen LogP contribution in [0, 0.1) is 0 Å². The molecule has 0 aromatic heterocycles. The maximum absolute atomic E-state index is 11.1. The van der Waals surface area contributed by atoms with E-state index in [9.17, 15) is 4.79 Å². The zero-order valence-corrected chi connectivity index (χ0v) is 7.09. The summed E-state index contributed by atoms with van der Waals surface area (Å²) in [6.45, 7) is 5.56. The Morgan fingerprint density at radius 3 is 2.64 bits per heavy atom. The number of rotatable bonds is 5. The van der Waals surface area contributed by atoms with Crippen LogP contribution in [0.5, 0.6) is 0 Å². The van der Waals surface area contributed by atoms with E-state index in [1.165, 1.54) is 7.11 Å². The quantitative estimate of drug-likeness (QED) is 0.445. The van der Waals surface area contributed by atoms with Crippen molar-refractivity contribution in [3.8, 4) is 0 Å². The Kier molecular flexibility index (Phi) is 5.39. The Balaban J connectivity index is 4.04. The maximum atomic E-state index is 11.1. The molecule has 2 heteroatoms. The van der Waals surface area contributed by atoms with Crippen molar-refractivity contribution < 1.29 is 9.53 Å². The molecule has 0 saturated heterocycles. The minimum Gasteiger partial charge on any atom is -0.377 e. The minimum atomic E-state index is 0.0369. The van der Waals surface area contributed by atoms with Crippen molar-refractivity contribution in [3.05, 3.63) is 24.3 Å². The van der Waals surface area contributed by atoms with Gasteiger partial charge in [0.2, 0.25) is 0 Å². The third-order valence-corrected chi connectivity index (χ3v) is 1.35. The number of ether oxygens (including phenoxy) is 1. The predicted molar refractivity (Wildman–Crippen MR) is 45.5 cm³/mol. The summed E-state index contributed by atoms with van der Waals surface area (Å²) < 4.78 is 4.71. The fraction of sp³-hybridized carbons (Fsp3) is 0.444. The predicted octanol–water partition coefficient (Wildman–Crippen LogP) is 1.72. The highest BCUT2D eigenvalue weighted by Crippen LogP contribution is 2.03. The van der Waals surface area contributed by atoms with Gasteiger partial charge in [0.05, 0.1) is 0 Å². The van der Waals surface area contributed by atoms with Gasteiger partial charge in [-0.05, 0) is 18.9 Å². The fourth-order valence-corrected chi connectivity index (χ4v) is 0.772. The molecule has 0 aliphatic carbocycles. The lowest BCUT2D eigenvalue weighted by molar-refractivity contribution is -0.119. The summed E-state index contributed by atoms with van der Waals surface area (Å²) in [7, 11) is 1.51. The van der Waals surface area contributed by atoms with Crippen LogP contribution < -0.4 is 0 Å². The molecule has 2 nitrogen and oxygen atoms in total. The molecule has 0 radical (unpaired) electrons. The third-order valence-electron chi connectivity index (χ3n) is 1.35. The summed E-state index contributed by atoms with van der Waals surface area (Å²) in [6, 6.07) is 0. The van der Waals surface area contributed by atoms with Gasteiger partial charge in [-0.1, -0.05) is 12.2 Å². The van der Waals surface area contributed by atoms with Gasteiger partial charge >= 0.3 is 0 Å². The fourth-order valence-electron chi connectivity index (χ4n) is 0.772. The van der Waals surface area contributed by atoms with Crippen LogP contribution in [0.3, 0.4) is 0 Å². The van der Waals surface area contributed by atoms with Gasteiger partial charge < -0.3 is 4.74 Å². The van der Waals surface area contributed by atoms with E-state index in [2.05, 4.69) is 6.58 Å². The monoisotopic (exact) mass is 154 g/mol. The van der Waals surface area contributed by atoms with Crippen molar-refractivity contribution in [2.24, 2.45) is 0 Å². The molecule has 0 unspecified atom stereocenters. The van der Waals surface area contributed by atoms with Gasteiger partial charge in [-0.25, -0.2) is 0 Å². The highest BCUT2D eigenvalue weighted by Gasteiger charge is 2.04. The number of hydrogen-bond donors (Lipinski definition) is 0. The van der Waals surface area contributed by atoms with Gasteiger partial charge in [-0.15, -0.1) is 6.58 Å². The number of allylic oxidation sites excluding steroid dienone is 2. The van der Waals surface area contributed by atoms with Gasteiger partial charge in [-0.3, -0.25) is 4.79 Å². The van der Waals surface area contributed by atoms with Crippen LogP contribution in [-0.4, -0.2) is 19.5 Å². The van der Waals surface area contributed by atoms with Crippen molar-refractivity contribution in [1.82, 2.24) is 0 Å². The van der Waals surface area contributed by atoms with Gasteiger partial charge in [0.25, 0.3) is 0 Å². The van der Waals surface area contributed by atoms with Crippen LogP contribution in [-0.2, 0) is 9.53 Å². The molecule has 0 N–H and O–H groups in total. The van der Waals surface area contributed by atoms with E-state index in [0.29, 0.717) is 6.42 Å². The van der Waals surface area contributed by atoms with Crippen molar-refractivity contribution in [3.63, 3.8) is 0 Å². The highest BCUT2D eigenvalue weighted by atomic mass is 16.5. The highest BCUT2D eigenvalue weighted by molar-refractivity contribution is 5.96. The van der Waals surface area contributed by atoms with Crippen LogP contribution in [0.15, 0.2) is 24.3 Å². The lowest BCUT2D eigenvalue weighted by Gasteiger charge is -2.00. The topological polar surface area (TPSA) is 26.3 Å². The molecule has 0 atom stereocenters. The van der Waals surface area contributed by atoms with Gasteiger partial charge in [0, 0.05) is 7.11 Å². The molecule has 0 aromatic carbocycles. The zero-order valence-electron chi connectivity index (χ0n) is 7.09. The van der Waals surface area contributed by atoms with Crippen LogP contribution in [0.2, 0.25) is 0 Å².